The highest BCUT2D eigenvalue weighted by Crippen LogP contribution is 2.27. The smallest absolute Gasteiger partial charge is 0.0646 e. The molecule has 0 saturated carbocycles. The lowest BCUT2D eigenvalue weighted by atomic mass is 9.87. The topological polar surface area (TPSA) is 20.2 Å². The maximum atomic E-state index is 9.77. The van der Waals surface area contributed by atoms with Gasteiger partial charge in [-0.2, -0.15) is 0 Å². The van der Waals surface area contributed by atoms with Gasteiger partial charge in [-0.25, -0.2) is 0 Å². The number of benzene rings is 1. The van der Waals surface area contributed by atoms with Gasteiger partial charge < -0.3 is 5.11 Å². The number of aliphatic hydroxyl groups excluding tert-OH is 1. The van der Waals surface area contributed by atoms with Crippen molar-refractivity contribution in [3.8, 4) is 0 Å². The Hall–Kier alpha value is -1.08. The summed E-state index contributed by atoms with van der Waals surface area (Å²) in [6.45, 7) is 0. The van der Waals surface area contributed by atoms with Gasteiger partial charge in [-0.1, -0.05) is 42.5 Å². The van der Waals surface area contributed by atoms with E-state index in [0.29, 0.717) is 0 Å². The molecule has 1 aliphatic carbocycles. The quantitative estimate of drug-likeness (QED) is 0.648. The van der Waals surface area contributed by atoms with E-state index in [-0.39, 0.29) is 12.0 Å². The number of allylic oxidation sites excluding steroid dienone is 1. The van der Waals surface area contributed by atoms with Crippen LogP contribution in [0.15, 0.2) is 42.5 Å². The summed E-state index contributed by atoms with van der Waals surface area (Å²) in [7, 11) is 0. The summed E-state index contributed by atoms with van der Waals surface area (Å²) in [5, 5.41) is 9.77. The SMILES string of the molecule is O[C@H]1CCC=C[C@H]1c1ccccc1. The van der Waals surface area contributed by atoms with Crippen molar-refractivity contribution in [3.63, 3.8) is 0 Å². The Kier molecular flexibility index (Phi) is 2.46. The average molecular weight is 174 g/mol. The van der Waals surface area contributed by atoms with E-state index >= 15 is 0 Å². The molecule has 1 nitrogen and oxygen atoms in total. The summed E-state index contributed by atoms with van der Waals surface area (Å²) in [4.78, 5) is 0. The standard InChI is InChI=1S/C12H14O/c13-12-9-5-4-8-11(12)10-6-2-1-3-7-10/h1-4,6-8,11-13H,5,9H2/t11-,12-/m0/s1. The zero-order valence-electron chi connectivity index (χ0n) is 7.56. The van der Waals surface area contributed by atoms with Crippen molar-refractivity contribution in [1.82, 2.24) is 0 Å². The molecule has 0 spiro atoms. The van der Waals surface area contributed by atoms with E-state index in [1.165, 1.54) is 5.56 Å². The highest BCUT2D eigenvalue weighted by Gasteiger charge is 2.19. The lowest BCUT2D eigenvalue weighted by Gasteiger charge is -2.23. The molecule has 0 fully saturated rings. The molecule has 0 saturated heterocycles. The normalized spacial score (nSPS) is 27.5. The Morgan fingerprint density at radius 3 is 2.62 bits per heavy atom. The Morgan fingerprint density at radius 1 is 1.15 bits per heavy atom. The Bertz CT molecular complexity index is 289. The predicted molar refractivity (Wildman–Crippen MR) is 53.6 cm³/mol. The fourth-order valence-corrected chi connectivity index (χ4v) is 1.83. The van der Waals surface area contributed by atoms with Gasteiger partial charge in [0.1, 0.15) is 0 Å². The third kappa shape index (κ3) is 1.81. The third-order valence-electron chi connectivity index (χ3n) is 2.57. The lowest BCUT2D eigenvalue weighted by Crippen LogP contribution is -2.18. The van der Waals surface area contributed by atoms with Gasteiger partial charge in [0.05, 0.1) is 6.10 Å². The molecule has 1 aromatic carbocycles. The van der Waals surface area contributed by atoms with E-state index in [9.17, 15) is 5.11 Å². The fourth-order valence-electron chi connectivity index (χ4n) is 1.83. The minimum absolute atomic E-state index is 0.201. The number of hydrogen-bond donors (Lipinski definition) is 1. The van der Waals surface area contributed by atoms with Gasteiger partial charge in [-0.3, -0.25) is 0 Å². The van der Waals surface area contributed by atoms with Crippen LogP contribution >= 0.6 is 0 Å². The minimum Gasteiger partial charge on any atom is -0.392 e. The molecule has 0 bridgehead atoms. The summed E-state index contributed by atoms with van der Waals surface area (Å²) in [6, 6.07) is 10.2. The second kappa shape index (κ2) is 3.75. The average Bonchev–Trinajstić information content (AvgIpc) is 2.20. The van der Waals surface area contributed by atoms with Crippen molar-refractivity contribution in [2.24, 2.45) is 0 Å². The van der Waals surface area contributed by atoms with Crippen LogP contribution in [0.5, 0.6) is 0 Å². The second-order valence-electron chi connectivity index (χ2n) is 3.51. The molecule has 2 atom stereocenters. The van der Waals surface area contributed by atoms with E-state index in [2.05, 4.69) is 24.3 Å². The molecule has 1 N–H and O–H groups in total. The second-order valence-corrected chi connectivity index (χ2v) is 3.51. The first-order valence-corrected chi connectivity index (χ1v) is 4.77. The van der Waals surface area contributed by atoms with Crippen LogP contribution in [0.2, 0.25) is 0 Å². The van der Waals surface area contributed by atoms with Crippen LogP contribution in [0.3, 0.4) is 0 Å². The highest BCUT2D eigenvalue weighted by molar-refractivity contribution is 5.26. The molecular weight excluding hydrogens is 160 g/mol. The molecule has 68 valence electrons. The molecule has 1 aromatic rings. The molecule has 13 heavy (non-hydrogen) atoms. The molecule has 0 unspecified atom stereocenters. The van der Waals surface area contributed by atoms with Crippen LogP contribution in [0.4, 0.5) is 0 Å². The maximum absolute atomic E-state index is 9.77. The Labute approximate surface area is 78.7 Å². The Morgan fingerprint density at radius 2 is 1.92 bits per heavy atom. The van der Waals surface area contributed by atoms with Crippen LogP contribution in [0, 0.1) is 0 Å². The number of hydrogen-bond acceptors (Lipinski definition) is 1. The van der Waals surface area contributed by atoms with E-state index in [1.807, 2.05) is 18.2 Å². The molecule has 0 heterocycles. The first-order chi connectivity index (χ1) is 6.38. The van der Waals surface area contributed by atoms with E-state index in [1.54, 1.807) is 0 Å². The Balaban J connectivity index is 2.25. The zero-order valence-corrected chi connectivity index (χ0v) is 7.56. The van der Waals surface area contributed by atoms with Crippen molar-refractivity contribution < 1.29 is 5.11 Å². The van der Waals surface area contributed by atoms with E-state index in [0.717, 1.165) is 12.8 Å². The molecule has 0 aliphatic heterocycles. The molecule has 2 rings (SSSR count). The van der Waals surface area contributed by atoms with Gasteiger partial charge in [-0.05, 0) is 18.4 Å². The highest BCUT2D eigenvalue weighted by atomic mass is 16.3. The van der Waals surface area contributed by atoms with Crippen molar-refractivity contribution in [3.05, 3.63) is 48.0 Å². The van der Waals surface area contributed by atoms with Crippen molar-refractivity contribution >= 4 is 0 Å². The lowest BCUT2D eigenvalue weighted by molar-refractivity contribution is 0.145. The van der Waals surface area contributed by atoms with Gasteiger partial charge in [0.25, 0.3) is 0 Å². The van der Waals surface area contributed by atoms with Crippen molar-refractivity contribution in [2.45, 2.75) is 24.9 Å². The summed E-state index contributed by atoms with van der Waals surface area (Å²) < 4.78 is 0. The van der Waals surface area contributed by atoms with Crippen molar-refractivity contribution in [2.75, 3.05) is 0 Å². The van der Waals surface area contributed by atoms with Crippen LogP contribution in [0.1, 0.15) is 24.3 Å². The van der Waals surface area contributed by atoms with E-state index in [4.69, 9.17) is 0 Å². The zero-order chi connectivity index (χ0) is 9.10. The summed E-state index contributed by atoms with van der Waals surface area (Å²) in [5.41, 5.74) is 1.21. The van der Waals surface area contributed by atoms with Gasteiger partial charge in [0, 0.05) is 5.92 Å². The minimum atomic E-state index is -0.201. The van der Waals surface area contributed by atoms with Crippen molar-refractivity contribution in [1.29, 1.82) is 0 Å². The summed E-state index contributed by atoms with van der Waals surface area (Å²) in [6.07, 6.45) is 5.96. The first-order valence-electron chi connectivity index (χ1n) is 4.77. The first kappa shape index (κ1) is 8.52. The van der Waals surface area contributed by atoms with Crippen LogP contribution in [-0.4, -0.2) is 11.2 Å². The third-order valence-corrected chi connectivity index (χ3v) is 2.57. The van der Waals surface area contributed by atoms with Crippen LogP contribution in [0.25, 0.3) is 0 Å². The van der Waals surface area contributed by atoms with Crippen LogP contribution in [-0.2, 0) is 0 Å². The molecule has 1 heteroatoms. The molecule has 0 radical (unpaired) electrons. The number of aliphatic hydroxyl groups is 1. The van der Waals surface area contributed by atoms with Crippen LogP contribution < -0.4 is 0 Å². The number of rotatable bonds is 1. The largest absolute Gasteiger partial charge is 0.392 e. The summed E-state index contributed by atoms with van der Waals surface area (Å²) in [5.74, 6) is 0.204. The van der Waals surface area contributed by atoms with E-state index < -0.39 is 0 Å². The van der Waals surface area contributed by atoms with Gasteiger partial charge in [0.2, 0.25) is 0 Å². The molecular formula is C12H14O. The molecule has 0 amide bonds. The predicted octanol–water partition coefficient (Wildman–Crippen LogP) is 2.48. The maximum Gasteiger partial charge on any atom is 0.0646 e. The summed E-state index contributed by atoms with van der Waals surface area (Å²) >= 11 is 0. The van der Waals surface area contributed by atoms with Gasteiger partial charge >= 0.3 is 0 Å². The van der Waals surface area contributed by atoms with Gasteiger partial charge in [0.15, 0.2) is 0 Å². The molecule has 1 aliphatic rings. The van der Waals surface area contributed by atoms with Gasteiger partial charge in [-0.15, -0.1) is 0 Å². The fraction of sp³-hybridized carbons (Fsp3) is 0.333. The monoisotopic (exact) mass is 174 g/mol. The molecule has 0 aromatic heterocycles.